The van der Waals surface area contributed by atoms with Crippen LogP contribution in [0.5, 0.6) is 5.75 Å². The fraction of sp³-hybridized carbons (Fsp3) is 0.300. The molecule has 0 saturated carbocycles. The van der Waals surface area contributed by atoms with E-state index in [1.54, 1.807) is 5.59 Å². The molecule has 1 rings (SSSR count). The van der Waals surface area contributed by atoms with Crippen molar-refractivity contribution >= 4 is 11.7 Å². The summed E-state index contributed by atoms with van der Waals surface area (Å²) in [6.07, 6.45) is -5.01. The number of rotatable bonds is 6. The Kier molecular flexibility index (Phi) is 5.44. The maximum absolute atomic E-state index is 12.5. The molecule has 0 amide bonds. The Morgan fingerprint density at radius 3 is 2.62 bits per heavy atom. The lowest BCUT2D eigenvalue weighted by Crippen LogP contribution is -2.27. The molecule has 0 saturated heterocycles. The Hall–Kier alpha value is -2.40. The predicted molar refractivity (Wildman–Crippen MR) is 61.6 cm³/mol. The van der Waals surface area contributed by atoms with Crippen LogP contribution in [0.3, 0.4) is 0 Å². The van der Waals surface area contributed by atoms with Crippen LogP contribution in [-0.4, -0.2) is 17.5 Å². The number of benzene rings is 1. The second-order valence-corrected chi connectivity index (χ2v) is 3.63. The highest BCUT2D eigenvalue weighted by Gasteiger charge is 2.33. The third-order valence-corrected chi connectivity index (χ3v) is 2.22. The minimum atomic E-state index is -4.71. The molecule has 0 aliphatic heterocycles. The van der Waals surface area contributed by atoms with E-state index >= 15 is 0 Å². The number of carbonyl (C=O) groups is 1. The number of carbonyl (C=O) groups excluding carboxylic acids is 1. The van der Waals surface area contributed by atoms with Crippen LogP contribution >= 0.6 is 0 Å². The molecule has 8 nitrogen and oxygen atoms in total. The monoisotopic (exact) mass is 309 g/mol. The number of hydrazine groups is 1. The SMILES string of the molecule is NNOC(=O)CCOc1ccc(C(F)(F)F)cc1[N+](=O)[O-]. The summed E-state index contributed by atoms with van der Waals surface area (Å²) in [6, 6.07) is 1.81. The highest BCUT2D eigenvalue weighted by atomic mass is 19.4. The van der Waals surface area contributed by atoms with Crippen molar-refractivity contribution in [3.05, 3.63) is 33.9 Å². The Morgan fingerprint density at radius 1 is 1.43 bits per heavy atom. The highest BCUT2D eigenvalue weighted by Crippen LogP contribution is 2.36. The lowest BCUT2D eigenvalue weighted by molar-refractivity contribution is -0.386. The summed E-state index contributed by atoms with van der Waals surface area (Å²) in [5.74, 6) is 3.52. The molecule has 1 aromatic rings. The molecule has 0 spiro atoms. The third-order valence-electron chi connectivity index (χ3n) is 2.22. The number of nitrogens with two attached hydrogens (primary N) is 1. The van der Waals surface area contributed by atoms with E-state index in [4.69, 9.17) is 10.6 Å². The van der Waals surface area contributed by atoms with Crippen molar-refractivity contribution in [2.24, 2.45) is 5.84 Å². The van der Waals surface area contributed by atoms with Crippen LogP contribution in [0, 0.1) is 10.1 Å². The fourth-order valence-electron chi connectivity index (χ4n) is 1.32. The van der Waals surface area contributed by atoms with Crippen LogP contribution < -0.4 is 16.2 Å². The number of hydrogen-bond acceptors (Lipinski definition) is 7. The topological polar surface area (TPSA) is 117 Å². The first-order valence-electron chi connectivity index (χ1n) is 5.39. The van der Waals surface area contributed by atoms with Gasteiger partial charge < -0.3 is 9.57 Å². The summed E-state index contributed by atoms with van der Waals surface area (Å²) in [6.45, 7) is -0.327. The van der Waals surface area contributed by atoms with Gasteiger partial charge in [0.05, 0.1) is 23.5 Å². The van der Waals surface area contributed by atoms with Crippen LogP contribution in [0.25, 0.3) is 0 Å². The van der Waals surface area contributed by atoms with Crippen LogP contribution in [0.1, 0.15) is 12.0 Å². The zero-order valence-electron chi connectivity index (χ0n) is 10.3. The number of alkyl halides is 3. The largest absolute Gasteiger partial charge is 0.486 e. The van der Waals surface area contributed by atoms with Gasteiger partial charge >= 0.3 is 17.8 Å². The van der Waals surface area contributed by atoms with Gasteiger partial charge in [-0.15, -0.1) is 0 Å². The Bertz CT molecular complexity index is 535. The highest BCUT2D eigenvalue weighted by molar-refractivity contribution is 5.69. The molecule has 1 aromatic carbocycles. The van der Waals surface area contributed by atoms with Crippen molar-refractivity contribution in [1.29, 1.82) is 0 Å². The minimum Gasteiger partial charge on any atom is -0.486 e. The first-order valence-corrected chi connectivity index (χ1v) is 5.39. The Labute approximate surface area is 115 Å². The molecule has 0 bridgehead atoms. The van der Waals surface area contributed by atoms with E-state index in [0.717, 1.165) is 6.07 Å². The maximum atomic E-state index is 12.5. The first-order chi connectivity index (χ1) is 9.75. The smallest absolute Gasteiger partial charge is 0.416 e. The van der Waals surface area contributed by atoms with Gasteiger partial charge in [-0.05, 0) is 12.1 Å². The van der Waals surface area contributed by atoms with Crippen LogP contribution in [-0.2, 0) is 15.8 Å². The summed E-state index contributed by atoms with van der Waals surface area (Å²) >= 11 is 0. The van der Waals surface area contributed by atoms with E-state index in [0.29, 0.717) is 12.1 Å². The third kappa shape index (κ3) is 4.89. The molecule has 0 aromatic heterocycles. The van der Waals surface area contributed by atoms with Gasteiger partial charge in [0.15, 0.2) is 5.75 Å². The number of nitrogens with one attached hydrogen (secondary N) is 1. The predicted octanol–water partition coefficient (Wildman–Crippen LogP) is 1.30. The van der Waals surface area contributed by atoms with Crippen molar-refractivity contribution < 1.29 is 32.5 Å². The van der Waals surface area contributed by atoms with Gasteiger partial charge in [0, 0.05) is 6.07 Å². The summed E-state index contributed by atoms with van der Waals surface area (Å²) in [4.78, 5) is 24.8. The summed E-state index contributed by atoms with van der Waals surface area (Å²) in [5.41, 5.74) is -0.393. The molecular weight excluding hydrogens is 299 g/mol. The molecule has 116 valence electrons. The average Bonchev–Trinajstić information content (AvgIpc) is 2.37. The molecule has 21 heavy (non-hydrogen) atoms. The van der Waals surface area contributed by atoms with E-state index in [2.05, 4.69) is 4.84 Å². The molecule has 0 aliphatic rings. The van der Waals surface area contributed by atoms with E-state index in [1.807, 2.05) is 0 Å². The lowest BCUT2D eigenvalue weighted by Gasteiger charge is -2.09. The number of halogens is 3. The standard InChI is InChI=1S/C10H10F3N3O5/c11-10(12,13)6-1-2-8(7(5-6)16(18)19)20-4-3-9(17)21-15-14/h1-2,5,15H,3-4,14H2. The van der Waals surface area contributed by atoms with Crippen molar-refractivity contribution in [3.63, 3.8) is 0 Å². The summed E-state index contributed by atoms with van der Waals surface area (Å²) in [5, 5.41) is 10.7. The van der Waals surface area contributed by atoms with Gasteiger partial charge in [-0.2, -0.15) is 13.2 Å². The van der Waals surface area contributed by atoms with Gasteiger partial charge in [0.1, 0.15) is 0 Å². The van der Waals surface area contributed by atoms with E-state index in [-0.39, 0.29) is 18.8 Å². The number of nitro groups is 1. The van der Waals surface area contributed by atoms with Crippen LogP contribution in [0.15, 0.2) is 18.2 Å². The quantitative estimate of drug-likeness (QED) is 0.462. The Morgan fingerprint density at radius 2 is 2.10 bits per heavy atom. The van der Waals surface area contributed by atoms with Gasteiger partial charge in [-0.1, -0.05) is 5.59 Å². The van der Waals surface area contributed by atoms with Crippen molar-refractivity contribution in [2.45, 2.75) is 12.6 Å². The van der Waals surface area contributed by atoms with Gasteiger partial charge in [-0.3, -0.25) is 14.9 Å². The van der Waals surface area contributed by atoms with Crippen molar-refractivity contribution in [1.82, 2.24) is 5.59 Å². The molecule has 0 atom stereocenters. The Balaban J connectivity index is 2.83. The second kappa shape index (κ2) is 6.85. The zero-order chi connectivity index (χ0) is 16.0. The number of nitrogens with zero attached hydrogens (tertiary/aromatic N) is 1. The van der Waals surface area contributed by atoms with E-state index < -0.39 is 28.3 Å². The number of nitro benzene ring substituents is 1. The van der Waals surface area contributed by atoms with Gasteiger partial charge in [-0.25, -0.2) is 5.84 Å². The summed E-state index contributed by atoms with van der Waals surface area (Å²) in [7, 11) is 0. The van der Waals surface area contributed by atoms with E-state index in [9.17, 15) is 28.1 Å². The summed E-state index contributed by atoms with van der Waals surface area (Å²) < 4.78 is 42.3. The van der Waals surface area contributed by atoms with Crippen molar-refractivity contribution in [2.75, 3.05) is 6.61 Å². The zero-order valence-corrected chi connectivity index (χ0v) is 10.3. The molecule has 11 heteroatoms. The molecule has 0 heterocycles. The fourth-order valence-corrected chi connectivity index (χ4v) is 1.32. The second-order valence-electron chi connectivity index (χ2n) is 3.63. The molecule has 0 radical (unpaired) electrons. The van der Waals surface area contributed by atoms with Crippen LogP contribution in [0.2, 0.25) is 0 Å². The molecule has 0 fully saturated rings. The van der Waals surface area contributed by atoms with Crippen LogP contribution in [0.4, 0.5) is 18.9 Å². The van der Waals surface area contributed by atoms with E-state index in [1.165, 1.54) is 0 Å². The molecular formula is C10H10F3N3O5. The van der Waals surface area contributed by atoms with Gasteiger partial charge in [0.25, 0.3) is 0 Å². The number of hydrogen-bond donors (Lipinski definition) is 2. The molecule has 0 unspecified atom stereocenters. The van der Waals surface area contributed by atoms with Gasteiger partial charge in [0.2, 0.25) is 0 Å². The van der Waals surface area contributed by atoms with Crippen molar-refractivity contribution in [3.8, 4) is 5.75 Å². The number of ether oxygens (including phenoxy) is 1. The molecule has 0 aliphatic carbocycles. The minimum absolute atomic E-state index is 0.303. The first kappa shape index (κ1) is 16.7. The molecule has 3 N–H and O–H groups in total. The normalized spacial score (nSPS) is 11.0. The maximum Gasteiger partial charge on any atom is 0.416 e. The lowest BCUT2D eigenvalue weighted by atomic mass is 10.2. The average molecular weight is 309 g/mol.